The molecular weight excluding hydrogens is 326 g/mol. The minimum absolute atomic E-state index is 0.178. The van der Waals surface area contributed by atoms with Gasteiger partial charge >= 0.3 is 5.97 Å². The first-order chi connectivity index (χ1) is 11.3. The summed E-state index contributed by atoms with van der Waals surface area (Å²) in [6, 6.07) is 11.9. The lowest BCUT2D eigenvalue weighted by atomic mass is 10.1. The van der Waals surface area contributed by atoms with Crippen molar-refractivity contribution in [2.45, 2.75) is 18.7 Å². The standard InChI is InChI=1S/C18H19NO4S/c1-13-5-9-16(10-6-13)24(21,22)19-17-12-14(2)4-7-15(17)8-11-18(20)23-3/h4-12,19H,1-3H3/b11-8+. The molecule has 0 atom stereocenters. The molecule has 0 bridgehead atoms. The summed E-state index contributed by atoms with van der Waals surface area (Å²) in [5, 5.41) is 0. The summed E-state index contributed by atoms with van der Waals surface area (Å²) in [5.74, 6) is -0.511. The smallest absolute Gasteiger partial charge is 0.330 e. The first kappa shape index (κ1) is 17.7. The highest BCUT2D eigenvalue weighted by atomic mass is 32.2. The number of hydrogen-bond acceptors (Lipinski definition) is 4. The predicted molar refractivity (Wildman–Crippen MR) is 94.2 cm³/mol. The molecule has 0 aromatic heterocycles. The Hall–Kier alpha value is -2.60. The highest BCUT2D eigenvalue weighted by molar-refractivity contribution is 7.92. The maximum absolute atomic E-state index is 12.5. The number of benzene rings is 2. The van der Waals surface area contributed by atoms with Gasteiger partial charge in [-0.3, -0.25) is 4.72 Å². The Morgan fingerprint density at radius 3 is 2.29 bits per heavy atom. The number of aryl methyl sites for hydroxylation is 2. The number of esters is 1. The average Bonchev–Trinajstić information content (AvgIpc) is 2.53. The molecule has 126 valence electrons. The third-order valence-electron chi connectivity index (χ3n) is 3.38. The van der Waals surface area contributed by atoms with Gasteiger partial charge in [-0.2, -0.15) is 0 Å². The molecule has 2 rings (SSSR count). The van der Waals surface area contributed by atoms with Gasteiger partial charge in [-0.05, 0) is 49.2 Å². The van der Waals surface area contributed by atoms with Crippen LogP contribution < -0.4 is 4.72 Å². The first-order valence-corrected chi connectivity index (χ1v) is 8.76. The second-order valence-corrected chi connectivity index (χ2v) is 7.05. The van der Waals surface area contributed by atoms with Gasteiger partial charge in [0, 0.05) is 6.08 Å². The third-order valence-corrected chi connectivity index (χ3v) is 4.77. The molecule has 24 heavy (non-hydrogen) atoms. The molecule has 0 saturated heterocycles. The lowest BCUT2D eigenvalue weighted by Crippen LogP contribution is -2.14. The topological polar surface area (TPSA) is 72.5 Å². The van der Waals surface area contributed by atoms with Gasteiger partial charge in [0.1, 0.15) is 0 Å². The summed E-state index contributed by atoms with van der Waals surface area (Å²) in [4.78, 5) is 11.4. The Morgan fingerprint density at radius 1 is 1.04 bits per heavy atom. The third kappa shape index (κ3) is 4.45. The fraction of sp³-hybridized carbons (Fsp3) is 0.167. The molecule has 0 spiro atoms. The van der Waals surface area contributed by atoms with Crippen molar-refractivity contribution in [1.29, 1.82) is 0 Å². The van der Waals surface area contributed by atoms with Crippen LogP contribution in [0.1, 0.15) is 16.7 Å². The van der Waals surface area contributed by atoms with E-state index in [2.05, 4.69) is 9.46 Å². The maximum Gasteiger partial charge on any atom is 0.330 e. The van der Waals surface area contributed by atoms with Crippen molar-refractivity contribution >= 4 is 27.8 Å². The van der Waals surface area contributed by atoms with Gasteiger partial charge < -0.3 is 4.74 Å². The van der Waals surface area contributed by atoms with Crippen LogP contribution in [0.4, 0.5) is 5.69 Å². The van der Waals surface area contributed by atoms with E-state index < -0.39 is 16.0 Å². The Labute approximate surface area is 142 Å². The van der Waals surface area contributed by atoms with Crippen LogP contribution in [-0.2, 0) is 19.6 Å². The van der Waals surface area contributed by atoms with Crippen LogP contribution in [0.2, 0.25) is 0 Å². The number of carbonyl (C=O) groups is 1. The van der Waals surface area contributed by atoms with E-state index in [1.165, 1.54) is 19.3 Å². The van der Waals surface area contributed by atoms with E-state index in [1.807, 2.05) is 19.9 Å². The predicted octanol–water partition coefficient (Wildman–Crippen LogP) is 3.29. The SMILES string of the molecule is COC(=O)/C=C/c1ccc(C)cc1NS(=O)(=O)c1ccc(C)cc1. The highest BCUT2D eigenvalue weighted by Gasteiger charge is 2.15. The van der Waals surface area contributed by atoms with Crippen LogP contribution in [0.3, 0.4) is 0 Å². The summed E-state index contributed by atoms with van der Waals surface area (Å²) in [6.45, 7) is 3.75. The average molecular weight is 345 g/mol. The van der Waals surface area contributed by atoms with E-state index in [4.69, 9.17) is 0 Å². The van der Waals surface area contributed by atoms with E-state index in [0.717, 1.165) is 11.1 Å². The van der Waals surface area contributed by atoms with Crippen LogP contribution in [0.15, 0.2) is 53.4 Å². The van der Waals surface area contributed by atoms with E-state index in [1.54, 1.807) is 36.4 Å². The van der Waals surface area contributed by atoms with Crippen LogP contribution in [0.25, 0.3) is 6.08 Å². The van der Waals surface area contributed by atoms with Crippen molar-refractivity contribution in [2.75, 3.05) is 11.8 Å². The van der Waals surface area contributed by atoms with Crippen molar-refractivity contribution in [3.8, 4) is 0 Å². The summed E-state index contributed by atoms with van der Waals surface area (Å²) in [5.41, 5.74) is 2.84. The van der Waals surface area contributed by atoms with Crippen molar-refractivity contribution in [2.24, 2.45) is 0 Å². The molecular formula is C18H19NO4S. The fourth-order valence-electron chi connectivity index (χ4n) is 2.05. The van der Waals surface area contributed by atoms with E-state index in [0.29, 0.717) is 11.3 Å². The van der Waals surface area contributed by atoms with Crippen molar-refractivity contribution < 1.29 is 17.9 Å². The monoisotopic (exact) mass is 345 g/mol. The Balaban J connectivity index is 2.37. The van der Waals surface area contributed by atoms with Gasteiger partial charge in [-0.15, -0.1) is 0 Å². The van der Waals surface area contributed by atoms with Gasteiger partial charge in [0.25, 0.3) is 10.0 Å². The molecule has 0 aliphatic heterocycles. The molecule has 2 aromatic carbocycles. The lowest BCUT2D eigenvalue weighted by molar-refractivity contribution is -0.134. The zero-order valence-corrected chi connectivity index (χ0v) is 14.6. The molecule has 0 saturated carbocycles. The molecule has 0 aliphatic carbocycles. The quantitative estimate of drug-likeness (QED) is 0.667. The minimum atomic E-state index is -3.71. The van der Waals surface area contributed by atoms with E-state index >= 15 is 0 Å². The second kappa shape index (κ2) is 7.31. The number of anilines is 1. The lowest BCUT2D eigenvalue weighted by Gasteiger charge is -2.12. The van der Waals surface area contributed by atoms with E-state index in [-0.39, 0.29) is 4.90 Å². The molecule has 0 aliphatic rings. The van der Waals surface area contributed by atoms with Crippen LogP contribution >= 0.6 is 0 Å². The second-order valence-electron chi connectivity index (χ2n) is 5.37. The highest BCUT2D eigenvalue weighted by Crippen LogP contribution is 2.23. The number of methoxy groups -OCH3 is 1. The van der Waals surface area contributed by atoms with Gasteiger partial charge in [-0.25, -0.2) is 13.2 Å². The fourth-order valence-corrected chi connectivity index (χ4v) is 3.13. The zero-order valence-electron chi connectivity index (χ0n) is 13.7. The normalized spacial score (nSPS) is 11.5. The Bertz CT molecular complexity index is 868. The molecule has 0 fully saturated rings. The molecule has 0 unspecified atom stereocenters. The van der Waals surface area contributed by atoms with Gasteiger partial charge in [0.05, 0.1) is 17.7 Å². The molecule has 0 heterocycles. The number of carbonyl (C=O) groups excluding carboxylic acids is 1. The van der Waals surface area contributed by atoms with Gasteiger partial charge in [-0.1, -0.05) is 29.8 Å². The van der Waals surface area contributed by atoms with Crippen molar-refractivity contribution in [3.05, 3.63) is 65.2 Å². The molecule has 0 radical (unpaired) electrons. The molecule has 2 aromatic rings. The molecule has 6 heteroatoms. The minimum Gasteiger partial charge on any atom is -0.466 e. The van der Waals surface area contributed by atoms with Crippen LogP contribution in [0.5, 0.6) is 0 Å². The molecule has 0 amide bonds. The number of ether oxygens (including phenoxy) is 1. The number of hydrogen-bond donors (Lipinski definition) is 1. The summed E-state index contributed by atoms with van der Waals surface area (Å²) in [6.07, 6.45) is 2.76. The van der Waals surface area contributed by atoms with Crippen molar-refractivity contribution in [1.82, 2.24) is 0 Å². The zero-order chi connectivity index (χ0) is 17.7. The van der Waals surface area contributed by atoms with Crippen LogP contribution in [-0.4, -0.2) is 21.5 Å². The van der Waals surface area contributed by atoms with E-state index in [9.17, 15) is 13.2 Å². The molecule has 5 nitrogen and oxygen atoms in total. The largest absolute Gasteiger partial charge is 0.466 e. The summed E-state index contributed by atoms with van der Waals surface area (Å²) < 4.78 is 32.2. The first-order valence-electron chi connectivity index (χ1n) is 7.28. The number of rotatable bonds is 5. The van der Waals surface area contributed by atoms with Gasteiger partial charge in [0.15, 0.2) is 0 Å². The van der Waals surface area contributed by atoms with Gasteiger partial charge in [0.2, 0.25) is 0 Å². The summed E-state index contributed by atoms with van der Waals surface area (Å²) >= 11 is 0. The maximum atomic E-state index is 12.5. The number of sulfonamides is 1. The van der Waals surface area contributed by atoms with Crippen molar-refractivity contribution in [3.63, 3.8) is 0 Å². The Kier molecular flexibility index (Phi) is 5.41. The molecule has 1 N–H and O–H groups in total. The summed E-state index contributed by atoms with van der Waals surface area (Å²) in [7, 11) is -2.43. The number of nitrogens with one attached hydrogen (secondary N) is 1. The van der Waals surface area contributed by atoms with Crippen LogP contribution in [0, 0.1) is 13.8 Å². The Morgan fingerprint density at radius 2 is 1.67 bits per heavy atom.